The first kappa shape index (κ1) is 18.4. The van der Waals surface area contributed by atoms with Crippen molar-refractivity contribution in [3.05, 3.63) is 53.1 Å². The van der Waals surface area contributed by atoms with Crippen LogP contribution in [0.5, 0.6) is 5.75 Å². The Balaban J connectivity index is 1.82. The number of hydrogen-bond acceptors (Lipinski definition) is 4. The van der Waals surface area contributed by atoms with Gasteiger partial charge in [0, 0.05) is 7.05 Å². The van der Waals surface area contributed by atoms with E-state index < -0.39 is 16.1 Å². The van der Waals surface area contributed by atoms with E-state index in [1.807, 2.05) is 31.2 Å². The fourth-order valence-electron chi connectivity index (χ4n) is 3.35. The molecule has 3 rings (SSSR count). The highest BCUT2D eigenvalue weighted by molar-refractivity contribution is 7.89. The molecule has 1 amide bonds. The van der Waals surface area contributed by atoms with Crippen LogP contribution in [0.15, 0.2) is 41.3 Å². The molecule has 2 aromatic carbocycles. The second-order valence-electron chi connectivity index (χ2n) is 6.55. The second kappa shape index (κ2) is 6.74. The summed E-state index contributed by atoms with van der Waals surface area (Å²) in [4.78, 5) is 14.2. The molecule has 1 N–H and O–H groups in total. The van der Waals surface area contributed by atoms with Gasteiger partial charge in [0.25, 0.3) is 5.91 Å². The summed E-state index contributed by atoms with van der Waals surface area (Å²) >= 11 is 0. The maximum Gasteiger partial charge on any atom is 0.269 e. The third-order valence-electron chi connectivity index (χ3n) is 4.43. The van der Waals surface area contributed by atoms with Gasteiger partial charge in [-0.15, -0.1) is 0 Å². The minimum absolute atomic E-state index is 0.132. The molecule has 0 saturated heterocycles. The molecule has 1 heterocycles. The predicted octanol–water partition coefficient (Wildman–Crippen LogP) is 2.31. The number of rotatable bonds is 4. The number of amides is 1. The highest BCUT2D eigenvalue weighted by Crippen LogP contribution is 2.32. The van der Waals surface area contributed by atoms with Gasteiger partial charge in [-0.05, 0) is 44.0 Å². The SMILES string of the molecule is Cc1cc(C)c(S(=O)(=O)NCC2Oc3ccccc3N(C)C2=O)c(C)c1. The average molecular weight is 374 g/mol. The first-order valence-corrected chi connectivity index (χ1v) is 9.80. The van der Waals surface area contributed by atoms with Gasteiger partial charge in [0.1, 0.15) is 5.75 Å². The maximum absolute atomic E-state index is 12.8. The lowest BCUT2D eigenvalue weighted by Crippen LogP contribution is -2.49. The molecule has 1 unspecified atom stereocenters. The van der Waals surface area contributed by atoms with Crippen molar-refractivity contribution >= 4 is 21.6 Å². The van der Waals surface area contributed by atoms with Crippen molar-refractivity contribution in [3.8, 4) is 5.75 Å². The zero-order chi connectivity index (χ0) is 19.1. The first-order valence-electron chi connectivity index (χ1n) is 8.31. The van der Waals surface area contributed by atoms with Crippen molar-refractivity contribution in [1.82, 2.24) is 4.72 Å². The van der Waals surface area contributed by atoms with E-state index >= 15 is 0 Å². The number of aryl methyl sites for hydroxylation is 3. The fourth-order valence-corrected chi connectivity index (χ4v) is 4.83. The van der Waals surface area contributed by atoms with Crippen molar-refractivity contribution in [1.29, 1.82) is 0 Å². The van der Waals surface area contributed by atoms with E-state index in [4.69, 9.17) is 4.74 Å². The number of carbonyl (C=O) groups is 1. The molecule has 1 aliphatic rings. The zero-order valence-electron chi connectivity index (χ0n) is 15.2. The monoisotopic (exact) mass is 374 g/mol. The molecule has 26 heavy (non-hydrogen) atoms. The Kier molecular flexibility index (Phi) is 4.77. The number of fused-ring (bicyclic) bond motifs is 1. The van der Waals surface area contributed by atoms with Gasteiger partial charge in [-0.1, -0.05) is 29.8 Å². The minimum Gasteiger partial charge on any atom is -0.477 e. The molecular formula is C19H22N2O4S. The third kappa shape index (κ3) is 3.32. The summed E-state index contributed by atoms with van der Waals surface area (Å²) in [5.74, 6) is 0.269. The standard InChI is InChI=1S/C19H22N2O4S/c1-12-9-13(2)18(14(3)10-12)26(23,24)20-11-17-19(22)21(4)15-7-5-6-8-16(15)25-17/h5-10,17,20H,11H2,1-4H3. The topological polar surface area (TPSA) is 75.7 Å². The number of carbonyl (C=O) groups excluding carboxylic acids is 1. The van der Waals surface area contributed by atoms with E-state index in [2.05, 4.69) is 4.72 Å². The molecule has 1 atom stereocenters. The summed E-state index contributed by atoms with van der Waals surface area (Å²) in [6, 6.07) is 10.8. The first-order chi connectivity index (χ1) is 12.2. The lowest BCUT2D eigenvalue weighted by molar-refractivity contribution is -0.125. The summed E-state index contributed by atoms with van der Waals surface area (Å²) in [7, 11) is -2.10. The number of benzene rings is 2. The van der Waals surface area contributed by atoms with Crippen molar-refractivity contribution in [2.75, 3.05) is 18.5 Å². The van der Waals surface area contributed by atoms with Crippen LogP contribution in [0.3, 0.4) is 0 Å². The Hall–Kier alpha value is -2.38. The number of ether oxygens (including phenoxy) is 1. The van der Waals surface area contributed by atoms with E-state index in [0.717, 1.165) is 5.56 Å². The van der Waals surface area contributed by atoms with Gasteiger partial charge in [-0.25, -0.2) is 13.1 Å². The van der Waals surface area contributed by atoms with Crippen molar-refractivity contribution in [2.24, 2.45) is 0 Å². The molecule has 138 valence electrons. The van der Waals surface area contributed by atoms with Crippen LogP contribution in [-0.2, 0) is 14.8 Å². The zero-order valence-corrected chi connectivity index (χ0v) is 16.1. The van der Waals surface area contributed by atoms with Crippen molar-refractivity contribution in [3.63, 3.8) is 0 Å². The van der Waals surface area contributed by atoms with Crippen LogP contribution in [0.4, 0.5) is 5.69 Å². The van der Waals surface area contributed by atoms with Crippen molar-refractivity contribution < 1.29 is 17.9 Å². The smallest absolute Gasteiger partial charge is 0.269 e. The van der Waals surface area contributed by atoms with Gasteiger partial charge in [-0.3, -0.25) is 4.79 Å². The molecule has 7 heteroatoms. The van der Waals surface area contributed by atoms with Crippen LogP contribution in [0, 0.1) is 20.8 Å². The van der Waals surface area contributed by atoms with Crippen LogP contribution in [0.25, 0.3) is 0 Å². The van der Waals surface area contributed by atoms with Gasteiger partial charge in [0.2, 0.25) is 10.0 Å². The molecule has 0 aliphatic carbocycles. The summed E-state index contributed by atoms with van der Waals surface area (Å²) in [5.41, 5.74) is 3.02. The normalized spacial score (nSPS) is 17.0. The number of anilines is 1. The van der Waals surface area contributed by atoms with Crippen LogP contribution >= 0.6 is 0 Å². The molecule has 0 saturated carbocycles. The van der Waals surface area contributed by atoms with Gasteiger partial charge in [-0.2, -0.15) is 0 Å². The number of nitrogens with one attached hydrogen (secondary N) is 1. The Labute approximate surface area is 153 Å². The van der Waals surface area contributed by atoms with Crippen LogP contribution in [0.1, 0.15) is 16.7 Å². The van der Waals surface area contributed by atoms with Gasteiger partial charge in [0.15, 0.2) is 6.10 Å². The lowest BCUT2D eigenvalue weighted by Gasteiger charge is -2.32. The molecule has 0 radical (unpaired) electrons. The molecule has 0 aromatic heterocycles. The van der Waals surface area contributed by atoms with E-state index in [1.165, 1.54) is 4.90 Å². The number of hydrogen-bond donors (Lipinski definition) is 1. The highest BCUT2D eigenvalue weighted by Gasteiger charge is 2.33. The third-order valence-corrected chi connectivity index (χ3v) is 6.16. The summed E-state index contributed by atoms with van der Waals surface area (Å²) in [6.45, 7) is 5.32. The van der Waals surface area contributed by atoms with Crippen LogP contribution < -0.4 is 14.4 Å². The molecule has 1 aliphatic heterocycles. The minimum atomic E-state index is -3.76. The molecule has 0 bridgehead atoms. The Morgan fingerprint density at radius 3 is 2.38 bits per heavy atom. The van der Waals surface area contributed by atoms with E-state index in [-0.39, 0.29) is 17.3 Å². The van der Waals surface area contributed by atoms with E-state index in [9.17, 15) is 13.2 Å². The quantitative estimate of drug-likeness (QED) is 0.891. The van der Waals surface area contributed by atoms with E-state index in [0.29, 0.717) is 22.6 Å². The summed E-state index contributed by atoms with van der Waals surface area (Å²) < 4.78 is 33.8. The Morgan fingerprint density at radius 2 is 1.73 bits per heavy atom. The summed E-state index contributed by atoms with van der Waals surface area (Å²) in [6.07, 6.45) is -0.907. The van der Waals surface area contributed by atoms with Gasteiger partial charge in [0.05, 0.1) is 17.1 Å². The number of nitrogens with zero attached hydrogens (tertiary/aromatic N) is 1. The van der Waals surface area contributed by atoms with E-state index in [1.54, 1.807) is 33.0 Å². The molecule has 6 nitrogen and oxygen atoms in total. The summed E-state index contributed by atoms with van der Waals surface area (Å²) in [5, 5.41) is 0. The van der Waals surface area contributed by atoms with Crippen LogP contribution in [-0.4, -0.2) is 34.0 Å². The number of sulfonamides is 1. The molecular weight excluding hydrogens is 352 g/mol. The lowest BCUT2D eigenvalue weighted by atomic mass is 10.1. The number of para-hydroxylation sites is 2. The largest absolute Gasteiger partial charge is 0.477 e. The maximum atomic E-state index is 12.8. The van der Waals surface area contributed by atoms with Gasteiger partial charge >= 0.3 is 0 Å². The highest BCUT2D eigenvalue weighted by atomic mass is 32.2. The van der Waals surface area contributed by atoms with Crippen molar-refractivity contribution in [2.45, 2.75) is 31.8 Å². The average Bonchev–Trinajstić information content (AvgIpc) is 2.55. The fraction of sp³-hybridized carbons (Fsp3) is 0.316. The molecule has 0 fully saturated rings. The second-order valence-corrected chi connectivity index (χ2v) is 8.26. The molecule has 2 aromatic rings. The molecule has 0 spiro atoms. The van der Waals surface area contributed by atoms with Gasteiger partial charge < -0.3 is 9.64 Å². The van der Waals surface area contributed by atoms with Crippen LogP contribution in [0.2, 0.25) is 0 Å². The Morgan fingerprint density at radius 1 is 1.12 bits per heavy atom. The number of likely N-dealkylation sites (N-methyl/N-ethyl adjacent to an activating group) is 1. The Bertz CT molecular complexity index is 946. The predicted molar refractivity (Wildman–Crippen MR) is 100 cm³/mol.